The lowest BCUT2D eigenvalue weighted by Crippen LogP contribution is -2.60. The van der Waals surface area contributed by atoms with Gasteiger partial charge in [-0.25, -0.2) is 0 Å². The van der Waals surface area contributed by atoms with Crippen molar-refractivity contribution in [2.75, 3.05) is 13.1 Å². The molecule has 17 heavy (non-hydrogen) atoms. The molecule has 1 heterocycles. The molecule has 0 bridgehead atoms. The van der Waals surface area contributed by atoms with Crippen molar-refractivity contribution in [3.63, 3.8) is 0 Å². The second-order valence-corrected chi connectivity index (χ2v) is 6.04. The number of hydrogen-bond acceptors (Lipinski definition) is 2. The Morgan fingerprint density at radius 3 is 2.41 bits per heavy atom. The zero-order valence-electron chi connectivity index (χ0n) is 12.5. The fourth-order valence-corrected chi connectivity index (χ4v) is 3.02. The third kappa shape index (κ3) is 4.26. The molecule has 1 aliphatic rings. The Morgan fingerprint density at radius 1 is 1.18 bits per heavy atom. The predicted octanol–water partition coefficient (Wildman–Crippen LogP) is 3.27. The van der Waals surface area contributed by atoms with Crippen LogP contribution in [-0.4, -0.2) is 36.1 Å². The van der Waals surface area contributed by atoms with Crippen LogP contribution in [0, 0.1) is 5.92 Å². The van der Waals surface area contributed by atoms with Crippen LogP contribution in [0.1, 0.15) is 60.3 Å². The lowest BCUT2D eigenvalue weighted by atomic mass is 9.95. The van der Waals surface area contributed by atoms with Crippen molar-refractivity contribution in [3.8, 4) is 0 Å². The summed E-state index contributed by atoms with van der Waals surface area (Å²) < 4.78 is 0. The standard InChI is InChI=1S/C15H32N2/c1-6-8-13(5)17-11-15(12(3)4)16-10-14(17)9-7-2/h12-16H,6-11H2,1-5H3. The minimum absolute atomic E-state index is 0.683. The Morgan fingerprint density at radius 2 is 1.88 bits per heavy atom. The molecule has 0 saturated carbocycles. The minimum Gasteiger partial charge on any atom is -0.311 e. The van der Waals surface area contributed by atoms with E-state index in [2.05, 4.69) is 44.8 Å². The highest BCUT2D eigenvalue weighted by Crippen LogP contribution is 2.20. The van der Waals surface area contributed by atoms with E-state index in [1.54, 1.807) is 0 Å². The van der Waals surface area contributed by atoms with Gasteiger partial charge in [0.05, 0.1) is 0 Å². The number of hydrogen-bond donors (Lipinski definition) is 1. The molecule has 1 saturated heterocycles. The molecular formula is C15H32N2. The van der Waals surface area contributed by atoms with Gasteiger partial charge in [-0.15, -0.1) is 0 Å². The van der Waals surface area contributed by atoms with Gasteiger partial charge in [0.2, 0.25) is 0 Å². The molecule has 1 fully saturated rings. The molecule has 0 aromatic carbocycles. The van der Waals surface area contributed by atoms with Gasteiger partial charge >= 0.3 is 0 Å². The summed E-state index contributed by atoms with van der Waals surface area (Å²) in [5, 5.41) is 3.74. The average molecular weight is 240 g/mol. The first kappa shape index (κ1) is 15.0. The molecular weight excluding hydrogens is 208 g/mol. The average Bonchev–Trinajstić information content (AvgIpc) is 2.30. The molecule has 0 radical (unpaired) electrons. The second kappa shape index (κ2) is 7.38. The Labute approximate surface area is 108 Å². The van der Waals surface area contributed by atoms with Crippen molar-refractivity contribution < 1.29 is 0 Å². The number of nitrogens with zero attached hydrogens (tertiary/aromatic N) is 1. The topological polar surface area (TPSA) is 15.3 Å². The van der Waals surface area contributed by atoms with Crippen LogP contribution in [-0.2, 0) is 0 Å². The molecule has 3 unspecified atom stereocenters. The molecule has 0 aromatic heterocycles. The smallest absolute Gasteiger partial charge is 0.0224 e. The van der Waals surface area contributed by atoms with Crippen LogP contribution < -0.4 is 5.32 Å². The van der Waals surface area contributed by atoms with Crippen molar-refractivity contribution in [1.29, 1.82) is 0 Å². The zero-order chi connectivity index (χ0) is 12.8. The minimum atomic E-state index is 0.683. The molecule has 0 amide bonds. The van der Waals surface area contributed by atoms with E-state index in [9.17, 15) is 0 Å². The summed E-state index contributed by atoms with van der Waals surface area (Å²) in [6, 6.07) is 2.19. The summed E-state index contributed by atoms with van der Waals surface area (Å²) in [4.78, 5) is 2.77. The molecule has 102 valence electrons. The van der Waals surface area contributed by atoms with Crippen LogP contribution in [0.4, 0.5) is 0 Å². The van der Waals surface area contributed by atoms with Crippen molar-refractivity contribution >= 4 is 0 Å². The fraction of sp³-hybridized carbons (Fsp3) is 1.00. The van der Waals surface area contributed by atoms with Gasteiger partial charge in [0.25, 0.3) is 0 Å². The quantitative estimate of drug-likeness (QED) is 0.766. The normalized spacial score (nSPS) is 28.6. The maximum Gasteiger partial charge on any atom is 0.0224 e. The molecule has 3 atom stereocenters. The van der Waals surface area contributed by atoms with Crippen LogP contribution in [0.25, 0.3) is 0 Å². The first-order chi connectivity index (χ1) is 8.10. The largest absolute Gasteiger partial charge is 0.311 e. The number of rotatable bonds is 6. The summed E-state index contributed by atoms with van der Waals surface area (Å²) in [6.45, 7) is 14.1. The maximum absolute atomic E-state index is 3.74. The van der Waals surface area contributed by atoms with Gasteiger partial charge in [-0.1, -0.05) is 40.5 Å². The second-order valence-electron chi connectivity index (χ2n) is 6.04. The van der Waals surface area contributed by atoms with Crippen molar-refractivity contribution in [3.05, 3.63) is 0 Å². The zero-order valence-corrected chi connectivity index (χ0v) is 12.5. The summed E-state index contributed by atoms with van der Waals surface area (Å²) in [6.07, 6.45) is 5.28. The third-order valence-electron chi connectivity index (χ3n) is 4.19. The summed E-state index contributed by atoms with van der Waals surface area (Å²) in [7, 11) is 0. The highest BCUT2D eigenvalue weighted by atomic mass is 15.3. The van der Waals surface area contributed by atoms with Gasteiger partial charge in [0, 0.05) is 31.2 Å². The van der Waals surface area contributed by atoms with Crippen LogP contribution in [0.3, 0.4) is 0 Å². The van der Waals surface area contributed by atoms with E-state index >= 15 is 0 Å². The summed E-state index contributed by atoms with van der Waals surface area (Å²) in [5.41, 5.74) is 0. The lowest BCUT2D eigenvalue weighted by molar-refractivity contribution is 0.0670. The van der Waals surface area contributed by atoms with Gasteiger partial charge in [-0.05, 0) is 25.7 Å². The first-order valence-electron chi connectivity index (χ1n) is 7.59. The molecule has 0 aromatic rings. The monoisotopic (exact) mass is 240 g/mol. The molecule has 1 rings (SSSR count). The fourth-order valence-electron chi connectivity index (χ4n) is 3.02. The van der Waals surface area contributed by atoms with E-state index < -0.39 is 0 Å². The Bertz CT molecular complexity index is 203. The van der Waals surface area contributed by atoms with Gasteiger partial charge in [-0.3, -0.25) is 4.90 Å². The van der Waals surface area contributed by atoms with Crippen molar-refractivity contribution in [2.45, 2.75) is 78.4 Å². The molecule has 2 heteroatoms. The van der Waals surface area contributed by atoms with E-state index in [0.717, 1.165) is 18.0 Å². The van der Waals surface area contributed by atoms with Crippen LogP contribution in [0.15, 0.2) is 0 Å². The molecule has 0 spiro atoms. The van der Waals surface area contributed by atoms with Gasteiger partial charge in [0.1, 0.15) is 0 Å². The third-order valence-corrected chi connectivity index (χ3v) is 4.19. The molecule has 1 aliphatic heterocycles. The molecule has 1 N–H and O–H groups in total. The van der Waals surface area contributed by atoms with Gasteiger partial charge in [0.15, 0.2) is 0 Å². The van der Waals surface area contributed by atoms with Crippen molar-refractivity contribution in [2.24, 2.45) is 5.92 Å². The summed E-state index contributed by atoms with van der Waals surface area (Å²) in [5.74, 6) is 0.744. The molecule has 2 nitrogen and oxygen atoms in total. The highest BCUT2D eigenvalue weighted by Gasteiger charge is 2.31. The van der Waals surface area contributed by atoms with Crippen LogP contribution in [0.2, 0.25) is 0 Å². The Balaban J connectivity index is 2.61. The molecule has 0 aliphatic carbocycles. The Kier molecular flexibility index (Phi) is 6.50. The summed E-state index contributed by atoms with van der Waals surface area (Å²) >= 11 is 0. The number of piperazine rings is 1. The van der Waals surface area contributed by atoms with Crippen molar-refractivity contribution in [1.82, 2.24) is 10.2 Å². The lowest BCUT2D eigenvalue weighted by Gasteiger charge is -2.45. The van der Waals surface area contributed by atoms with Gasteiger partial charge < -0.3 is 5.32 Å². The maximum atomic E-state index is 3.74. The van der Waals surface area contributed by atoms with Crippen LogP contribution >= 0.6 is 0 Å². The van der Waals surface area contributed by atoms with E-state index in [-0.39, 0.29) is 0 Å². The first-order valence-corrected chi connectivity index (χ1v) is 7.59. The Hall–Kier alpha value is -0.0800. The highest BCUT2D eigenvalue weighted by molar-refractivity contribution is 4.89. The van der Waals surface area contributed by atoms with E-state index in [0.29, 0.717) is 6.04 Å². The van der Waals surface area contributed by atoms with Crippen LogP contribution in [0.5, 0.6) is 0 Å². The number of nitrogens with one attached hydrogen (secondary N) is 1. The van der Waals surface area contributed by atoms with E-state index in [4.69, 9.17) is 0 Å². The van der Waals surface area contributed by atoms with E-state index in [1.165, 1.54) is 38.8 Å². The van der Waals surface area contributed by atoms with E-state index in [1.807, 2.05) is 0 Å². The SMILES string of the molecule is CCCC(C)N1CC(C(C)C)NCC1CCC. The predicted molar refractivity (Wildman–Crippen MR) is 76.4 cm³/mol. The van der Waals surface area contributed by atoms with Gasteiger partial charge in [-0.2, -0.15) is 0 Å².